The third kappa shape index (κ3) is 3.86. The van der Waals surface area contributed by atoms with Crippen LogP contribution in [-0.2, 0) is 12.6 Å². The van der Waals surface area contributed by atoms with Crippen LogP contribution in [0.1, 0.15) is 28.1 Å². The minimum atomic E-state index is -4.49. The minimum Gasteiger partial charge on any atom is -0.343 e. The lowest BCUT2D eigenvalue weighted by atomic mass is 10.2. The van der Waals surface area contributed by atoms with Crippen molar-refractivity contribution in [1.29, 1.82) is 0 Å². The first-order valence-corrected chi connectivity index (χ1v) is 8.46. The highest BCUT2D eigenvalue weighted by molar-refractivity contribution is 7.15. The van der Waals surface area contributed by atoms with Crippen molar-refractivity contribution in [3.8, 4) is 0 Å². The smallest absolute Gasteiger partial charge is 0.343 e. The van der Waals surface area contributed by atoms with Gasteiger partial charge in [0.25, 0.3) is 5.91 Å². The van der Waals surface area contributed by atoms with Crippen molar-refractivity contribution in [1.82, 2.24) is 25.1 Å². The van der Waals surface area contributed by atoms with Gasteiger partial charge in [0.1, 0.15) is 5.82 Å². The molecule has 1 aliphatic rings. The van der Waals surface area contributed by atoms with Crippen LogP contribution in [0.15, 0.2) is 12.4 Å². The molecular weight excluding hydrogens is 357 g/mol. The van der Waals surface area contributed by atoms with Crippen molar-refractivity contribution in [3.63, 3.8) is 0 Å². The SMILES string of the molecule is CCc1ncc(C(=O)N2CCN(c3nnc(C(F)(F)F)s3)CC2)cn1. The zero-order chi connectivity index (χ0) is 18.0. The van der Waals surface area contributed by atoms with E-state index < -0.39 is 11.2 Å². The van der Waals surface area contributed by atoms with Crippen LogP contribution in [0.4, 0.5) is 18.3 Å². The van der Waals surface area contributed by atoms with Crippen molar-refractivity contribution >= 4 is 22.4 Å². The van der Waals surface area contributed by atoms with Gasteiger partial charge in [0.15, 0.2) is 0 Å². The van der Waals surface area contributed by atoms with Gasteiger partial charge >= 0.3 is 6.18 Å². The summed E-state index contributed by atoms with van der Waals surface area (Å²) >= 11 is 0.512. The molecule has 0 spiro atoms. The fourth-order valence-corrected chi connectivity index (χ4v) is 3.15. The van der Waals surface area contributed by atoms with Gasteiger partial charge in [-0.25, -0.2) is 9.97 Å². The van der Waals surface area contributed by atoms with Crippen LogP contribution in [0.2, 0.25) is 0 Å². The second kappa shape index (κ2) is 6.90. The molecule has 7 nitrogen and oxygen atoms in total. The van der Waals surface area contributed by atoms with E-state index in [9.17, 15) is 18.0 Å². The van der Waals surface area contributed by atoms with E-state index in [2.05, 4.69) is 20.2 Å². The number of piperazine rings is 1. The number of aryl methyl sites for hydroxylation is 1. The Morgan fingerprint density at radius 1 is 1.16 bits per heavy atom. The van der Waals surface area contributed by atoms with Gasteiger partial charge in [-0.2, -0.15) is 13.2 Å². The Morgan fingerprint density at radius 3 is 2.32 bits per heavy atom. The number of halogens is 3. The Morgan fingerprint density at radius 2 is 1.80 bits per heavy atom. The summed E-state index contributed by atoms with van der Waals surface area (Å²) in [7, 11) is 0. The molecule has 2 aromatic rings. The van der Waals surface area contributed by atoms with Gasteiger partial charge in [0.2, 0.25) is 10.1 Å². The summed E-state index contributed by atoms with van der Waals surface area (Å²) in [5.41, 5.74) is 0.404. The number of aromatic nitrogens is 4. The summed E-state index contributed by atoms with van der Waals surface area (Å²) in [5.74, 6) is 0.480. The van der Waals surface area contributed by atoms with Gasteiger partial charge in [0, 0.05) is 45.0 Å². The average molecular weight is 372 g/mol. The van der Waals surface area contributed by atoms with E-state index in [-0.39, 0.29) is 11.0 Å². The molecule has 0 N–H and O–H groups in total. The molecule has 11 heteroatoms. The van der Waals surface area contributed by atoms with E-state index in [0.29, 0.717) is 55.3 Å². The molecule has 0 bridgehead atoms. The van der Waals surface area contributed by atoms with Gasteiger partial charge in [-0.05, 0) is 0 Å². The number of carbonyl (C=O) groups is 1. The average Bonchev–Trinajstić information content (AvgIpc) is 3.12. The summed E-state index contributed by atoms with van der Waals surface area (Å²) in [6.07, 6.45) is -0.797. The summed E-state index contributed by atoms with van der Waals surface area (Å²) in [4.78, 5) is 24.0. The van der Waals surface area contributed by atoms with E-state index in [1.165, 1.54) is 12.4 Å². The second-order valence-corrected chi connectivity index (χ2v) is 6.36. The Bertz CT molecular complexity index is 740. The quantitative estimate of drug-likeness (QED) is 0.819. The molecule has 25 heavy (non-hydrogen) atoms. The van der Waals surface area contributed by atoms with Gasteiger partial charge < -0.3 is 9.80 Å². The van der Waals surface area contributed by atoms with Crippen LogP contribution < -0.4 is 4.90 Å². The highest BCUT2D eigenvalue weighted by Crippen LogP contribution is 2.34. The Labute approximate surface area is 145 Å². The number of amides is 1. The zero-order valence-corrected chi connectivity index (χ0v) is 14.1. The van der Waals surface area contributed by atoms with Crippen molar-refractivity contribution in [2.24, 2.45) is 0 Å². The van der Waals surface area contributed by atoms with Crippen molar-refractivity contribution < 1.29 is 18.0 Å². The summed E-state index contributed by atoms with van der Waals surface area (Å²) in [6, 6.07) is 0. The normalized spacial score (nSPS) is 15.5. The summed E-state index contributed by atoms with van der Waals surface area (Å²) < 4.78 is 37.8. The molecule has 0 unspecified atom stereocenters. The van der Waals surface area contributed by atoms with Crippen LogP contribution in [0.25, 0.3) is 0 Å². The summed E-state index contributed by atoms with van der Waals surface area (Å²) in [6.45, 7) is 3.48. The van der Waals surface area contributed by atoms with E-state index in [0.717, 1.165) is 0 Å². The molecule has 1 saturated heterocycles. The predicted molar refractivity (Wildman–Crippen MR) is 84.4 cm³/mol. The maximum atomic E-state index is 12.6. The molecule has 0 aromatic carbocycles. The number of nitrogens with zero attached hydrogens (tertiary/aromatic N) is 6. The molecule has 0 saturated carbocycles. The summed E-state index contributed by atoms with van der Waals surface area (Å²) in [5, 5.41) is 6.04. The number of hydrogen-bond donors (Lipinski definition) is 0. The molecule has 1 aliphatic heterocycles. The fourth-order valence-electron chi connectivity index (χ4n) is 2.39. The zero-order valence-electron chi connectivity index (χ0n) is 13.3. The van der Waals surface area contributed by atoms with Gasteiger partial charge in [-0.15, -0.1) is 10.2 Å². The van der Waals surface area contributed by atoms with Crippen LogP contribution in [0.3, 0.4) is 0 Å². The molecule has 2 aromatic heterocycles. The number of hydrogen-bond acceptors (Lipinski definition) is 7. The first kappa shape index (κ1) is 17.5. The molecule has 3 heterocycles. The third-order valence-electron chi connectivity index (χ3n) is 3.76. The molecule has 3 rings (SSSR count). The van der Waals surface area contributed by atoms with Crippen LogP contribution in [0, 0.1) is 0 Å². The largest absolute Gasteiger partial charge is 0.445 e. The van der Waals surface area contributed by atoms with Gasteiger partial charge in [-0.1, -0.05) is 18.3 Å². The Kier molecular flexibility index (Phi) is 4.84. The van der Waals surface area contributed by atoms with E-state index in [4.69, 9.17) is 0 Å². The fraction of sp³-hybridized carbons (Fsp3) is 0.500. The number of alkyl halides is 3. The first-order chi connectivity index (χ1) is 11.9. The van der Waals surface area contributed by atoms with Crippen LogP contribution >= 0.6 is 11.3 Å². The Balaban J connectivity index is 1.61. The van der Waals surface area contributed by atoms with Gasteiger partial charge in [-0.3, -0.25) is 4.79 Å². The topological polar surface area (TPSA) is 75.1 Å². The molecule has 0 radical (unpaired) electrons. The maximum Gasteiger partial charge on any atom is 0.445 e. The lowest BCUT2D eigenvalue weighted by Gasteiger charge is -2.34. The Hall–Kier alpha value is -2.30. The molecule has 0 atom stereocenters. The molecule has 0 aliphatic carbocycles. The molecule has 1 fully saturated rings. The minimum absolute atomic E-state index is 0.185. The third-order valence-corrected chi connectivity index (χ3v) is 4.79. The first-order valence-electron chi connectivity index (χ1n) is 7.64. The molecular formula is C14H15F3N6OS. The molecule has 1 amide bonds. The monoisotopic (exact) mass is 372 g/mol. The van der Waals surface area contributed by atoms with Crippen LogP contribution in [-0.4, -0.2) is 57.2 Å². The van der Waals surface area contributed by atoms with E-state index in [1.54, 1.807) is 9.80 Å². The molecule has 134 valence electrons. The van der Waals surface area contributed by atoms with Crippen molar-refractivity contribution in [2.45, 2.75) is 19.5 Å². The number of rotatable bonds is 3. The van der Waals surface area contributed by atoms with Crippen LogP contribution in [0.5, 0.6) is 0 Å². The highest BCUT2D eigenvalue weighted by Gasteiger charge is 2.36. The van der Waals surface area contributed by atoms with E-state index >= 15 is 0 Å². The van der Waals surface area contributed by atoms with Crippen molar-refractivity contribution in [2.75, 3.05) is 31.1 Å². The van der Waals surface area contributed by atoms with Crippen molar-refractivity contribution in [3.05, 3.63) is 28.8 Å². The number of anilines is 1. The second-order valence-electron chi connectivity index (χ2n) is 5.41. The number of carbonyl (C=O) groups excluding carboxylic acids is 1. The maximum absolute atomic E-state index is 12.6. The van der Waals surface area contributed by atoms with Gasteiger partial charge in [0.05, 0.1) is 5.56 Å². The van der Waals surface area contributed by atoms with E-state index in [1.807, 2.05) is 6.92 Å². The predicted octanol–water partition coefficient (Wildman–Crippen LogP) is 1.87. The lowest BCUT2D eigenvalue weighted by Crippen LogP contribution is -2.48. The standard InChI is InChI=1S/C14H15F3N6OS/c1-2-10-18-7-9(8-19-10)11(24)22-3-5-23(6-4-22)13-21-20-12(25-13)14(15,16)17/h7-8H,2-6H2,1H3. The highest BCUT2D eigenvalue weighted by atomic mass is 32.1. The lowest BCUT2D eigenvalue weighted by molar-refractivity contribution is -0.138.